The van der Waals surface area contributed by atoms with Crippen LogP contribution < -0.4 is 4.74 Å². The lowest BCUT2D eigenvalue weighted by Gasteiger charge is -2.09. The number of benzene rings is 2. The zero-order valence-corrected chi connectivity index (χ0v) is 16.9. The molecule has 0 aliphatic rings. The maximum Gasteiger partial charge on any atom is 0.303 e. The Labute approximate surface area is 172 Å². The fourth-order valence-corrected chi connectivity index (χ4v) is 4.24. The van der Waals surface area contributed by atoms with Crippen LogP contribution in [0.5, 0.6) is 5.75 Å². The summed E-state index contributed by atoms with van der Waals surface area (Å²) in [5.41, 5.74) is 2.90. The van der Waals surface area contributed by atoms with Gasteiger partial charge in [-0.3, -0.25) is 4.79 Å². The number of nitrogens with zero attached hydrogens (tertiary/aromatic N) is 1. The first-order chi connectivity index (χ1) is 14.1. The van der Waals surface area contributed by atoms with Crippen LogP contribution in [0.2, 0.25) is 0 Å². The van der Waals surface area contributed by atoms with Crippen molar-refractivity contribution in [2.24, 2.45) is 0 Å². The van der Waals surface area contributed by atoms with Crippen LogP contribution in [0.1, 0.15) is 23.4 Å². The molecule has 0 spiro atoms. The van der Waals surface area contributed by atoms with Crippen molar-refractivity contribution in [3.63, 3.8) is 0 Å². The summed E-state index contributed by atoms with van der Waals surface area (Å²) in [6.07, 6.45) is 1.30. The Morgan fingerprint density at radius 2 is 1.97 bits per heavy atom. The zero-order valence-electron chi connectivity index (χ0n) is 16.1. The van der Waals surface area contributed by atoms with E-state index in [0.29, 0.717) is 25.3 Å². The van der Waals surface area contributed by atoms with Crippen molar-refractivity contribution in [1.29, 1.82) is 0 Å². The van der Waals surface area contributed by atoms with Gasteiger partial charge < -0.3 is 14.3 Å². The Kier molecular flexibility index (Phi) is 5.62. The van der Waals surface area contributed by atoms with Crippen LogP contribution in [-0.2, 0) is 17.6 Å². The molecule has 0 radical (unpaired) electrons. The van der Waals surface area contributed by atoms with Gasteiger partial charge in [0.15, 0.2) is 0 Å². The molecule has 2 aromatic carbocycles. The van der Waals surface area contributed by atoms with E-state index in [0.717, 1.165) is 38.4 Å². The van der Waals surface area contributed by atoms with E-state index in [1.165, 1.54) is 0 Å². The molecule has 6 heteroatoms. The van der Waals surface area contributed by atoms with E-state index in [4.69, 9.17) is 14.3 Å². The molecule has 0 aliphatic heterocycles. The topological polar surface area (TPSA) is 72.6 Å². The smallest absolute Gasteiger partial charge is 0.303 e. The predicted octanol–water partition coefficient (Wildman–Crippen LogP) is 5.50. The highest BCUT2D eigenvalue weighted by molar-refractivity contribution is 7.17. The van der Waals surface area contributed by atoms with E-state index in [9.17, 15) is 4.79 Å². The summed E-state index contributed by atoms with van der Waals surface area (Å²) >= 11 is 1.61. The molecule has 148 valence electrons. The molecule has 0 aliphatic carbocycles. The third-order valence-corrected chi connectivity index (χ3v) is 5.77. The minimum absolute atomic E-state index is 0.127. The number of ether oxygens (including phenoxy) is 1. The van der Waals surface area contributed by atoms with Gasteiger partial charge in [0, 0.05) is 28.5 Å². The van der Waals surface area contributed by atoms with Crippen molar-refractivity contribution in [2.45, 2.75) is 26.2 Å². The molecule has 5 nitrogen and oxygen atoms in total. The van der Waals surface area contributed by atoms with Gasteiger partial charge in [0.2, 0.25) is 5.89 Å². The largest absolute Gasteiger partial charge is 0.493 e. The minimum Gasteiger partial charge on any atom is -0.493 e. The lowest BCUT2D eigenvalue weighted by molar-refractivity contribution is -0.136. The Hall–Kier alpha value is -3.12. The summed E-state index contributed by atoms with van der Waals surface area (Å²) in [7, 11) is 0. The molecule has 1 N–H and O–H groups in total. The van der Waals surface area contributed by atoms with Gasteiger partial charge in [-0.05, 0) is 48.6 Å². The lowest BCUT2D eigenvalue weighted by atomic mass is 10.1. The van der Waals surface area contributed by atoms with Gasteiger partial charge in [-0.1, -0.05) is 24.3 Å². The number of carbonyl (C=O) groups is 1. The van der Waals surface area contributed by atoms with Crippen LogP contribution in [-0.4, -0.2) is 22.7 Å². The van der Waals surface area contributed by atoms with Crippen molar-refractivity contribution in [1.82, 2.24) is 4.98 Å². The van der Waals surface area contributed by atoms with Crippen LogP contribution in [0.4, 0.5) is 0 Å². The average Bonchev–Trinajstić information content (AvgIpc) is 3.35. The number of oxazole rings is 1. The van der Waals surface area contributed by atoms with Crippen LogP contribution in [0.3, 0.4) is 0 Å². The number of hydrogen-bond donors (Lipinski definition) is 1. The van der Waals surface area contributed by atoms with Gasteiger partial charge in [-0.2, -0.15) is 0 Å². The van der Waals surface area contributed by atoms with E-state index in [-0.39, 0.29) is 6.42 Å². The first-order valence-corrected chi connectivity index (χ1v) is 10.3. The Bertz CT molecular complexity index is 1130. The number of aliphatic carboxylic acids is 1. The number of carboxylic acid groups (broad SMARTS) is 1. The lowest BCUT2D eigenvalue weighted by Crippen LogP contribution is -2.03. The number of hydrogen-bond acceptors (Lipinski definition) is 5. The molecule has 0 saturated carbocycles. The SMILES string of the molecule is Cc1oc(-c2ccccc2)nc1CCOc1ccc(CCC(=O)O)c2sccc12. The number of aromatic nitrogens is 1. The molecule has 4 rings (SSSR count). The Morgan fingerprint density at radius 1 is 1.14 bits per heavy atom. The molecule has 4 aromatic rings. The molecule has 0 unspecified atom stereocenters. The standard InChI is InChI=1S/C23H21NO4S/c1-15-19(24-23(28-15)17-5-3-2-4-6-17)11-13-27-20-9-7-16(8-10-21(25)26)22-18(20)12-14-29-22/h2-7,9,12,14H,8,10-11,13H2,1H3,(H,25,26). The summed E-state index contributed by atoms with van der Waals surface area (Å²) in [5, 5.41) is 12.0. The van der Waals surface area contributed by atoms with Crippen LogP contribution in [0.15, 0.2) is 58.3 Å². The van der Waals surface area contributed by atoms with Crippen molar-refractivity contribution < 1.29 is 19.1 Å². The highest BCUT2D eigenvalue weighted by Crippen LogP contribution is 2.33. The summed E-state index contributed by atoms with van der Waals surface area (Å²) in [5.74, 6) is 1.45. The molecule has 0 bridgehead atoms. The van der Waals surface area contributed by atoms with Crippen molar-refractivity contribution in [2.75, 3.05) is 6.61 Å². The van der Waals surface area contributed by atoms with Gasteiger partial charge in [-0.15, -0.1) is 11.3 Å². The molecule has 0 saturated heterocycles. The molecular formula is C23H21NO4S. The molecule has 2 aromatic heterocycles. The highest BCUT2D eigenvalue weighted by Gasteiger charge is 2.13. The fraction of sp³-hybridized carbons (Fsp3) is 0.217. The summed E-state index contributed by atoms with van der Waals surface area (Å²) < 4.78 is 12.9. The van der Waals surface area contributed by atoms with E-state index in [1.807, 2.05) is 60.8 Å². The average molecular weight is 407 g/mol. The normalized spacial score (nSPS) is 11.1. The highest BCUT2D eigenvalue weighted by atomic mass is 32.1. The maximum absolute atomic E-state index is 10.9. The van der Waals surface area contributed by atoms with Crippen molar-refractivity contribution >= 4 is 27.4 Å². The summed E-state index contributed by atoms with van der Waals surface area (Å²) in [6.45, 7) is 2.41. The second-order valence-corrected chi connectivity index (χ2v) is 7.68. The molecular weight excluding hydrogens is 386 g/mol. The molecule has 0 fully saturated rings. The number of aryl methyl sites for hydroxylation is 2. The monoisotopic (exact) mass is 407 g/mol. The van der Waals surface area contributed by atoms with Crippen molar-refractivity contribution in [3.05, 3.63) is 70.9 Å². The second-order valence-electron chi connectivity index (χ2n) is 6.77. The Morgan fingerprint density at radius 3 is 2.76 bits per heavy atom. The van der Waals surface area contributed by atoms with Gasteiger partial charge in [0.05, 0.1) is 12.3 Å². The van der Waals surface area contributed by atoms with Gasteiger partial charge >= 0.3 is 5.97 Å². The number of rotatable bonds is 8. The number of fused-ring (bicyclic) bond motifs is 1. The molecule has 0 atom stereocenters. The van der Waals surface area contributed by atoms with Gasteiger partial charge in [0.25, 0.3) is 0 Å². The first kappa shape index (κ1) is 19.2. The van der Waals surface area contributed by atoms with Crippen LogP contribution >= 0.6 is 11.3 Å². The zero-order chi connectivity index (χ0) is 20.2. The van der Waals surface area contributed by atoms with E-state index < -0.39 is 5.97 Å². The van der Waals surface area contributed by atoms with Gasteiger partial charge in [-0.25, -0.2) is 4.98 Å². The fourth-order valence-electron chi connectivity index (χ4n) is 3.28. The van der Waals surface area contributed by atoms with Crippen molar-refractivity contribution in [3.8, 4) is 17.2 Å². The quantitative estimate of drug-likeness (QED) is 0.417. The molecule has 2 heterocycles. The van der Waals surface area contributed by atoms with Crippen LogP contribution in [0, 0.1) is 6.92 Å². The van der Waals surface area contributed by atoms with E-state index in [2.05, 4.69) is 4.98 Å². The maximum atomic E-state index is 10.9. The predicted molar refractivity (Wildman–Crippen MR) is 114 cm³/mol. The van der Waals surface area contributed by atoms with Crippen LogP contribution in [0.25, 0.3) is 21.5 Å². The molecule has 0 amide bonds. The Balaban J connectivity index is 1.44. The third-order valence-electron chi connectivity index (χ3n) is 4.78. The first-order valence-electron chi connectivity index (χ1n) is 9.47. The van der Waals surface area contributed by atoms with Gasteiger partial charge in [0.1, 0.15) is 11.5 Å². The number of carboxylic acids is 1. The number of thiophene rings is 1. The van der Waals surface area contributed by atoms with E-state index in [1.54, 1.807) is 11.3 Å². The molecule has 29 heavy (non-hydrogen) atoms. The van der Waals surface area contributed by atoms with E-state index >= 15 is 0 Å². The third kappa shape index (κ3) is 4.32. The summed E-state index contributed by atoms with van der Waals surface area (Å²) in [4.78, 5) is 15.5. The second kappa shape index (κ2) is 8.49. The summed E-state index contributed by atoms with van der Waals surface area (Å²) in [6, 6.07) is 15.8. The minimum atomic E-state index is -0.784.